The fourth-order valence-corrected chi connectivity index (χ4v) is 3.18. The van der Waals surface area contributed by atoms with Crippen LogP contribution in [0.1, 0.15) is 38.1 Å². The van der Waals surface area contributed by atoms with Gasteiger partial charge in [0.05, 0.1) is 10.0 Å². The molecule has 2 aromatic rings. The largest absolute Gasteiger partial charge is 0.306 e. The Morgan fingerprint density at radius 2 is 1.95 bits per heavy atom. The molecular weight excluding hydrogens is 313 g/mol. The van der Waals surface area contributed by atoms with Crippen molar-refractivity contribution < 1.29 is 0 Å². The molecule has 2 rings (SSSR count). The summed E-state index contributed by atoms with van der Waals surface area (Å²) in [5.74, 6) is 2.21. The average Bonchev–Trinajstić information content (AvgIpc) is 2.83. The van der Waals surface area contributed by atoms with E-state index in [2.05, 4.69) is 35.5 Å². The van der Waals surface area contributed by atoms with Crippen molar-refractivity contribution in [3.05, 3.63) is 39.6 Å². The first kappa shape index (κ1) is 15.7. The molecule has 0 atom stereocenters. The molecule has 20 heavy (non-hydrogen) atoms. The minimum atomic E-state index is 0.377. The second kappa shape index (κ2) is 6.83. The molecule has 0 aliphatic carbocycles. The molecule has 1 aromatic carbocycles. The molecule has 0 N–H and O–H groups in total. The topological polar surface area (TPSA) is 30.7 Å². The number of aromatic nitrogens is 3. The van der Waals surface area contributed by atoms with Crippen LogP contribution in [-0.4, -0.2) is 14.8 Å². The van der Waals surface area contributed by atoms with Gasteiger partial charge >= 0.3 is 0 Å². The Labute approximate surface area is 133 Å². The number of benzene rings is 1. The van der Waals surface area contributed by atoms with Gasteiger partial charge in [-0.15, -0.1) is 10.2 Å². The molecule has 0 saturated heterocycles. The zero-order valence-corrected chi connectivity index (χ0v) is 14.1. The summed E-state index contributed by atoms with van der Waals surface area (Å²) in [6, 6.07) is 5.70. The Morgan fingerprint density at radius 3 is 2.55 bits per heavy atom. The van der Waals surface area contributed by atoms with Gasteiger partial charge in [0, 0.05) is 18.2 Å². The van der Waals surface area contributed by atoms with Gasteiger partial charge in [0.2, 0.25) is 0 Å². The van der Waals surface area contributed by atoms with Gasteiger partial charge in [-0.25, -0.2) is 0 Å². The summed E-state index contributed by atoms with van der Waals surface area (Å²) >= 11 is 13.6. The third-order valence-corrected chi connectivity index (χ3v) is 4.71. The summed E-state index contributed by atoms with van der Waals surface area (Å²) in [5.41, 5.74) is 1.13. The Balaban J connectivity index is 2.12. The highest BCUT2D eigenvalue weighted by molar-refractivity contribution is 7.98. The first-order valence-corrected chi connectivity index (χ1v) is 8.27. The molecule has 0 saturated carbocycles. The molecule has 6 heteroatoms. The van der Waals surface area contributed by atoms with Crippen LogP contribution >= 0.6 is 35.0 Å². The van der Waals surface area contributed by atoms with Crippen LogP contribution in [0.4, 0.5) is 0 Å². The number of rotatable bonds is 5. The zero-order valence-electron chi connectivity index (χ0n) is 11.7. The van der Waals surface area contributed by atoms with Crippen molar-refractivity contribution in [1.82, 2.24) is 14.8 Å². The Bertz CT molecular complexity index is 596. The van der Waals surface area contributed by atoms with E-state index in [-0.39, 0.29) is 0 Å². The van der Waals surface area contributed by atoms with Crippen LogP contribution < -0.4 is 0 Å². The standard InChI is InChI=1S/C14H17Cl2N3S/c1-4-19-13(9(2)3)17-18-14(19)20-8-10-5-6-11(15)12(16)7-10/h5-7,9H,4,8H2,1-3H3. The molecule has 0 amide bonds. The highest BCUT2D eigenvalue weighted by Crippen LogP contribution is 2.28. The van der Waals surface area contributed by atoms with Gasteiger partial charge in [0.15, 0.2) is 5.16 Å². The van der Waals surface area contributed by atoms with Gasteiger partial charge in [0.1, 0.15) is 5.82 Å². The van der Waals surface area contributed by atoms with E-state index >= 15 is 0 Å². The molecule has 0 aliphatic heterocycles. The molecule has 3 nitrogen and oxygen atoms in total. The maximum absolute atomic E-state index is 6.03. The van der Waals surface area contributed by atoms with Gasteiger partial charge in [-0.1, -0.05) is 54.9 Å². The lowest BCUT2D eigenvalue weighted by Gasteiger charge is -2.09. The van der Waals surface area contributed by atoms with E-state index in [0.717, 1.165) is 28.8 Å². The normalized spacial score (nSPS) is 11.3. The predicted octanol–water partition coefficient (Wildman–Crippen LogP) is 5.02. The van der Waals surface area contributed by atoms with Gasteiger partial charge in [-0.3, -0.25) is 0 Å². The lowest BCUT2D eigenvalue weighted by Crippen LogP contribution is -2.04. The number of nitrogens with zero attached hydrogens (tertiary/aromatic N) is 3. The van der Waals surface area contributed by atoms with Crippen LogP contribution in [0, 0.1) is 0 Å². The van der Waals surface area contributed by atoms with E-state index in [1.165, 1.54) is 0 Å². The molecule has 108 valence electrons. The van der Waals surface area contributed by atoms with Crippen LogP contribution in [0.3, 0.4) is 0 Å². The number of hydrogen-bond acceptors (Lipinski definition) is 3. The average molecular weight is 330 g/mol. The molecule has 1 aromatic heterocycles. The number of thioether (sulfide) groups is 1. The molecule has 1 heterocycles. The van der Waals surface area contributed by atoms with Crippen molar-refractivity contribution in [2.75, 3.05) is 0 Å². The summed E-state index contributed by atoms with van der Waals surface area (Å²) in [5, 5.41) is 10.7. The van der Waals surface area contributed by atoms with Crippen molar-refractivity contribution in [3.63, 3.8) is 0 Å². The minimum absolute atomic E-state index is 0.377. The summed E-state index contributed by atoms with van der Waals surface area (Å²) in [4.78, 5) is 0. The third kappa shape index (κ3) is 3.48. The second-order valence-corrected chi connectivity index (χ2v) is 6.53. The summed E-state index contributed by atoms with van der Waals surface area (Å²) in [7, 11) is 0. The van der Waals surface area contributed by atoms with Crippen LogP contribution in [-0.2, 0) is 12.3 Å². The number of hydrogen-bond donors (Lipinski definition) is 0. The smallest absolute Gasteiger partial charge is 0.191 e. The van der Waals surface area contributed by atoms with Crippen molar-refractivity contribution in [2.24, 2.45) is 0 Å². The van der Waals surface area contributed by atoms with E-state index in [1.54, 1.807) is 11.8 Å². The Kier molecular flexibility index (Phi) is 5.35. The monoisotopic (exact) mass is 329 g/mol. The SMILES string of the molecule is CCn1c(SCc2ccc(Cl)c(Cl)c2)nnc1C(C)C. The first-order chi connectivity index (χ1) is 9.52. The maximum Gasteiger partial charge on any atom is 0.191 e. The van der Waals surface area contributed by atoms with E-state index in [9.17, 15) is 0 Å². The van der Waals surface area contributed by atoms with Crippen LogP contribution in [0.5, 0.6) is 0 Å². The molecule has 0 aliphatic rings. The van der Waals surface area contributed by atoms with E-state index in [1.807, 2.05) is 18.2 Å². The van der Waals surface area contributed by atoms with Gasteiger partial charge < -0.3 is 4.57 Å². The lowest BCUT2D eigenvalue weighted by atomic mass is 10.2. The van der Waals surface area contributed by atoms with Crippen molar-refractivity contribution in [2.45, 2.75) is 44.1 Å². The molecule has 0 radical (unpaired) electrons. The molecule has 0 spiro atoms. The highest BCUT2D eigenvalue weighted by atomic mass is 35.5. The summed E-state index contributed by atoms with van der Waals surface area (Å²) in [6.07, 6.45) is 0. The van der Waals surface area contributed by atoms with E-state index in [0.29, 0.717) is 16.0 Å². The fraction of sp³-hybridized carbons (Fsp3) is 0.429. The van der Waals surface area contributed by atoms with Crippen LogP contribution in [0.15, 0.2) is 23.4 Å². The highest BCUT2D eigenvalue weighted by Gasteiger charge is 2.14. The van der Waals surface area contributed by atoms with Gasteiger partial charge in [-0.05, 0) is 24.6 Å². The Morgan fingerprint density at radius 1 is 1.20 bits per heavy atom. The van der Waals surface area contributed by atoms with Crippen LogP contribution in [0.25, 0.3) is 0 Å². The summed E-state index contributed by atoms with van der Waals surface area (Å²) in [6.45, 7) is 7.25. The number of halogens is 2. The molecule has 0 fully saturated rings. The second-order valence-electron chi connectivity index (χ2n) is 4.78. The first-order valence-electron chi connectivity index (χ1n) is 6.52. The fourth-order valence-electron chi connectivity index (χ4n) is 1.91. The molecule has 0 unspecified atom stereocenters. The van der Waals surface area contributed by atoms with Gasteiger partial charge in [0.25, 0.3) is 0 Å². The third-order valence-electron chi connectivity index (χ3n) is 2.93. The quantitative estimate of drug-likeness (QED) is 0.721. The van der Waals surface area contributed by atoms with E-state index < -0.39 is 0 Å². The minimum Gasteiger partial charge on any atom is -0.306 e. The lowest BCUT2D eigenvalue weighted by molar-refractivity contribution is 0.613. The van der Waals surface area contributed by atoms with Crippen molar-refractivity contribution in [3.8, 4) is 0 Å². The maximum atomic E-state index is 6.03. The molecular formula is C14H17Cl2N3S. The Hall–Kier alpha value is -0.710. The van der Waals surface area contributed by atoms with E-state index in [4.69, 9.17) is 23.2 Å². The summed E-state index contributed by atoms with van der Waals surface area (Å²) < 4.78 is 2.16. The molecule has 0 bridgehead atoms. The van der Waals surface area contributed by atoms with Crippen molar-refractivity contribution >= 4 is 35.0 Å². The van der Waals surface area contributed by atoms with Crippen molar-refractivity contribution in [1.29, 1.82) is 0 Å². The van der Waals surface area contributed by atoms with Gasteiger partial charge in [-0.2, -0.15) is 0 Å². The van der Waals surface area contributed by atoms with Crippen LogP contribution in [0.2, 0.25) is 10.0 Å². The predicted molar refractivity (Wildman–Crippen MR) is 85.8 cm³/mol. The zero-order chi connectivity index (χ0) is 14.7.